The molecule has 0 heterocycles. The third kappa shape index (κ3) is 8.94. The summed E-state index contributed by atoms with van der Waals surface area (Å²) in [6, 6.07) is 23.7. The lowest BCUT2D eigenvalue weighted by Crippen LogP contribution is -2.41. The first-order valence-electron chi connectivity index (χ1n) is 14.1. The molecule has 0 aromatic heterocycles. The Hall–Kier alpha value is -3.11. The lowest BCUT2D eigenvalue weighted by Gasteiger charge is -2.37. The minimum atomic E-state index is -3.73. The number of carbonyl (C=O) groups excluding carboxylic acids is 1. The monoisotopic (exact) mass is 581 g/mol. The predicted octanol–water partition coefficient (Wildman–Crippen LogP) is 4.69. The SMILES string of the molecule is CN(C)C(c1cccc(F)c1)C1CCC(NC(=O)COCCNS(=O)(=O)c2ccccc2Cc2ccccc2)CC1. The molecule has 0 radical (unpaired) electrons. The van der Waals surface area contributed by atoms with Gasteiger partial charge in [-0.05, 0) is 87.0 Å². The maximum atomic E-state index is 13.8. The van der Waals surface area contributed by atoms with Crippen LogP contribution in [0.15, 0.2) is 83.8 Å². The van der Waals surface area contributed by atoms with Crippen LogP contribution < -0.4 is 10.0 Å². The molecule has 3 aromatic carbocycles. The van der Waals surface area contributed by atoms with E-state index in [1.807, 2.05) is 62.6 Å². The van der Waals surface area contributed by atoms with Gasteiger partial charge in [0.2, 0.25) is 15.9 Å². The smallest absolute Gasteiger partial charge is 0.246 e. The summed E-state index contributed by atoms with van der Waals surface area (Å²) in [6.07, 6.45) is 4.06. The first kappa shape index (κ1) is 30.8. The summed E-state index contributed by atoms with van der Waals surface area (Å²) in [6.45, 7) is 0.0145. The Labute approximate surface area is 243 Å². The number of halogens is 1. The largest absolute Gasteiger partial charge is 0.370 e. The van der Waals surface area contributed by atoms with Crippen molar-refractivity contribution in [1.82, 2.24) is 14.9 Å². The minimum absolute atomic E-state index is 0.0619. The molecule has 1 amide bonds. The summed E-state index contributed by atoms with van der Waals surface area (Å²) >= 11 is 0. The van der Waals surface area contributed by atoms with Gasteiger partial charge in [0.25, 0.3) is 0 Å². The average Bonchev–Trinajstić information content (AvgIpc) is 2.94. The molecule has 1 atom stereocenters. The molecule has 220 valence electrons. The zero-order chi connectivity index (χ0) is 29.2. The Balaban J connectivity index is 1.18. The highest BCUT2D eigenvalue weighted by molar-refractivity contribution is 7.89. The second-order valence-electron chi connectivity index (χ2n) is 10.9. The van der Waals surface area contributed by atoms with Crippen LogP contribution >= 0.6 is 0 Å². The van der Waals surface area contributed by atoms with Crippen molar-refractivity contribution in [1.29, 1.82) is 0 Å². The Morgan fingerprint density at radius 1 is 0.976 bits per heavy atom. The molecule has 2 N–H and O–H groups in total. The van der Waals surface area contributed by atoms with Gasteiger partial charge in [-0.3, -0.25) is 4.79 Å². The van der Waals surface area contributed by atoms with Crippen LogP contribution in [0, 0.1) is 11.7 Å². The van der Waals surface area contributed by atoms with E-state index in [1.165, 1.54) is 6.07 Å². The van der Waals surface area contributed by atoms with Crippen LogP contribution in [0.2, 0.25) is 0 Å². The average molecular weight is 582 g/mol. The van der Waals surface area contributed by atoms with Gasteiger partial charge in [0, 0.05) is 18.6 Å². The molecule has 1 unspecified atom stereocenters. The van der Waals surface area contributed by atoms with E-state index < -0.39 is 10.0 Å². The summed E-state index contributed by atoms with van der Waals surface area (Å²) < 4.78 is 47.8. The highest BCUT2D eigenvalue weighted by Gasteiger charge is 2.30. The molecule has 9 heteroatoms. The van der Waals surface area contributed by atoms with Crippen molar-refractivity contribution in [3.05, 3.63) is 101 Å². The minimum Gasteiger partial charge on any atom is -0.370 e. The topological polar surface area (TPSA) is 87.7 Å². The van der Waals surface area contributed by atoms with Crippen molar-refractivity contribution in [2.75, 3.05) is 33.9 Å². The van der Waals surface area contributed by atoms with Crippen LogP contribution in [0.1, 0.15) is 48.4 Å². The van der Waals surface area contributed by atoms with Crippen molar-refractivity contribution in [3.63, 3.8) is 0 Å². The molecule has 1 fully saturated rings. The molecule has 0 bridgehead atoms. The van der Waals surface area contributed by atoms with Crippen molar-refractivity contribution >= 4 is 15.9 Å². The zero-order valence-corrected chi connectivity index (χ0v) is 24.6. The Bertz CT molecular complexity index is 1380. The fourth-order valence-electron chi connectivity index (χ4n) is 5.75. The third-order valence-corrected chi connectivity index (χ3v) is 9.16. The molecule has 3 aromatic rings. The Kier molecular flexibility index (Phi) is 11.0. The Morgan fingerprint density at radius 2 is 1.68 bits per heavy atom. The van der Waals surface area contributed by atoms with Crippen LogP contribution in [0.5, 0.6) is 0 Å². The lowest BCUT2D eigenvalue weighted by atomic mass is 9.78. The second kappa shape index (κ2) is 14.7. The molecule has 0 aliphatic heterocycles. The van der Waals surface area contributed by atoms with Crippen LogP contribution in [-0.4, -0.2) is 59.1 Å². The van der Waals surface area contributed by atoms with Crippen LogP contribution in [0.25, 0.3) is 0 Å². The van der Waals surface area contributed by atoms with Crippen molar-refractivity contribution in [2.24, 2.45) is 5.92 Å². The van der Waals surface area contributed by atoms with E-state index in [2.05, 4.69) is 14.9 Å². The van der Waals surface area contributed by atoms with E-state index in [9.17, 15) is 17.6 Å². The van der Waals surface area contributed by atoms with Crippen LogP contribution in [-0.2, 0) is 26.0 Å². The molecule has 7 nitrogen and oxygen atoms in total. The maximum Gasteiger partial charge on any atom is 0.246 e. The van der Waals surface area contributed by atoms with E-state index >= 15 is 0 Å². The number of rotatable bonds is 13. The third-order valence-electron chi connectivity index (χ3n) is 7.60. The quantitative estimate of drug-likeness (QED) is 0.286. The molecular weight excluding hydrogens is 541 g/mol. The van der Waals surface area contributed by atoms with Crippen molar-refractivity contribution in [3.8, 4) is 0 Å². The first-order valence-corrected chi connectivity index (χ1v) is 15.6. The van der Waals surface area contributed by atoms with Gasteiger partial charge in [0.1, 0.15) is 12.4 Å². The number of ether oxygens (including phenoxy) is 1. The molecular formula is C32H40FN3O4S. The van der Waals surface area contributed by atoms with Gasteiger partial charge >= 0.3 is 0 Å². The molecule has 0 saturated heterocycles. The van der Waals surface area contributed by atoms with Gasteiger partial charge in [0.15, 0.2) is 0 Å². The van der Waals surface area contributed by atoms with Crippen LogP contribution in [0.4, 0.5) is 4.39 Å². The van der Waals surface area contributed by atoms with Gasteiger partial charge in [-0.25, -0.2) is 17.5 Å². The summed E-state index contributed by atoms with van der Waals surface area (Å²) in [7, 11) is 0.306. The van der Waals surface area contributed by atoms with Gasteiger partial charge < -0.3 is 15.0 Å². The molecule has 1 aliphatic rings. The number of hydrogen-bond acceptors (Lipinski definition) is 5. The number of carbonyl (C=O) groups is 1. The Morgan fingerprint density at radius 3 is 2.39 bits per heavy atom. The standard InChI is InChI=1S/C32H40FN3O4S/c1-36(2)32(27-12-8-13-28(33)22-27)25-15-17-29(18-16-25)35-31(37)23-40-20-19-34-41(38,39)30-14-7-6-11-26(30)21-24-9-4-3-5-10-24/h3-14,22,25,29,32,34H,15-21,23H2,1-2H3,(H,35,37). The van der Waals surface area contributed by atoms with Gasteiger partial charge in [-0.2, -0.15) is 0 Å². The predicted molar refractivity (Wildman–Crippen MR) is 158 cm³/mol. The van der Waals surface area contributed by atoms with E-state index in [-0.39, 0.29) is 48.5 Å². The van der Waals surface area contributed by atoms with E-state index in [0.717, 1.165) is 36.8 Å². The van der Waals surface area contributed by atoms with E-state index in [1.54, 1.807) is 24.3 Å². The maximum absolute atomic E-state index is 13.8. The summed E-state index contributed by atoms with van der Waals surface area (Å²) in [4.78, 5) is 14.9. The molecule has 0 spiro atoms. The number of amides is 1. The molecule has 41 heavy (non-hydrogen) atoms. The number of benzene rings is 3. The zero-order valence-electron chi connectivity index (χ0n) is 23.8. The fraction of sp³-hybridized carbons (Fsp3) is 0.406. The number of nitrogens with zero attached hydrogens (tertiary/aromatic N) is 1. The van der Waals surface area contributed by atoms with Gasteiger partial charge in [-0.1, -0.05) is 60.7 Å². The number of sulfonamides is 1. The fourth-order valence-corrected chi connectivity index (χ4v) is 7.00. The second-order valence-corrected chi connectivity index (χ2v) is 12.6. The van der Waals surface area contributed by atoms with E-state index in [0.29, 0.717) is 17.9 Å². The highest BCUT2D eigenvalue weighted by Crippen LogP contribution is 2.37. The molecule has 1 saturated carbocycles. The molecule has 4 rings (SSSR count). The first-order chi connectivity index (χ1) is 19.7. The van der Waals surface area contributed by atoms with E-state index in [4.69, 9.17) is 4.74 Å². The lowest BCUT2D eigenvalue weighted by molar-refractivity contribution is -0.126. The normalized spacial score (nSPS) is 18.2. The van der Waals surface area contributed by atoms with Gasteiger partial charge in [-0.15, -0.1) is 0 Å². The number of nitrogens with one attached hydrogen (secondary N) is 2. The highest BCUT2D eigenvalue weighted by atomic mass is 32.2. The van der Waals surface area contributed by atoms with Crippen LogP contribution in [0.3, 0.4) is 0 Å². The van der Waals surface area contributed by atoms with Crippen molar-refractivity contribution < 1.29 is 22.3 Å². The van der Waals surface area contributed by atoms with Crippen molar-refractivity contribution in [2.45, 2.75) is 49.1 Å². The summed E-state index contributed by atoms with van der Waals surface area (Å²) in [5.74, 6) is -0.0585. The summed E-state index contributed by atoms with van der Waals surface area (Å²) in [5.41, 5.74) is 2.72. The number of hydrogen-bond donors (Lipinski definition) is 2. The molecule has 1 aliphatic carbocycles. The van der Waals surface area contributed by atoms with Gasteiger partial charge in [0.05, 0.1) is 11.5 Å². The summed E-state index contributed by atoms with van der Waals surface area (Å²) in [5, 5.41) is 3.04.